The van der Waals surface area contributed by atoms with E-state index in [-0.39, 0.29) is 11.4 Å². The van der Waals surface area contributed by atoms with Gasteiger partial charge in [-0.15, -0.1) is 0 Å². The van der Waals surface area contributed by atoms with Crippen LogP contribution in [0.25, 0.3) is 0 Å². The monoisotopic (exact) mass is 236 g/mol. The Morgan fingerprint density at radius 1 is 1.47 bits per heavy atom. The molecule has 1 heterocycles. The highest BCUT2D eigenvalue weighted by Crippen LogP contribution is 2.46. The first-order valence-electron chi connectivity index (χ1n) is 6.22. The van der Waals surface area contributed by atoms with Gasteiger partial charge in [0.15, 0.2) is 0 Å². The molecule has 2 atom stereocenters. The van der Waals surface area contributed by atoms with Gasteiger partial charge in [-0.3, -0.25) is 0 Å². The molecule has 1 saturated carbocycles. The average Bonchev–Trinajstić information content (AvgIpc) is 2.99. The van der Waals surface area contributed by atoms with Crippen molar-refractivity contribution < 1.29 is 14.2 Å². The van der Waals surface area contributed by atoms with Crippen molar-refractivity contribution in [3.63, 3.8) is 0 Å². The lowest BCUT2D eigenvalue weighted by Crippen LogP contribution is -2.38. The average molecular weight is 236 g/mol. The van der Waals surface area contributed by atoms with E-state index in [0.29, 0.717) is 17.7 Å². The van der Waals surface area contributed by atoms with Crippen molar-refractivity contribution in [3.05, 3.63) is 29.6 Å². The summed E-state index contributed by atoms with van der Waals surface area (Å²) in [4.78, 5) is 0. The Kier molecular flexibility index (Phi) is 2.40. The zero-order valence-electron chi connectivity index (χ0n) is 9.95. The third kappa shape index (κ3) is 2.16. The lowest BCUT2D eigenvalue weighted by Gasteiger charge is -2.38. The zero-order chi connectivity index (χ0) is 12.0. The highest BCUT2D eigenvalue weighted by molar-refractivity contribution is 5.38. The van der Waals surface area contributed by atoms with Crippen LogP contribution in [0.4, 0.5) is 4.39 Å². The van der Waals surface area contributed by atoms with Crippen molar-refractivity contribution in [2.45, 2.75) is 44.3 Å². The van der Waals surface area contributed by atoms with Gasteiger partial charge in [-0.05, 0) is 31.4 Å². The predicted octanol–water partition coefficient (Wildman–Crippen LogP) is 3.20. The third-order valence-electron chi connectivity index (χ3n) is 3.73. The topological polar surface area (TPSA) is 29.5 Å². The fourth-order valence-electron chi connectivity index (χ4n) is 2.76. The summed E-state index contributed by atoms with van der Waals surface area (Å²) < 4.78 is 19.1. The van der Waals surface area contributed by atoms with Crippen molar-refractivity contribution in [3.8, 4) is 5.75 Å². The first kappa shape index (κ1) is 11.0. The second-order valence-electron chi connectivity index (χ2n) is 5.60. The Balaban J connectivity index is 1.89. The molecular formula is C14H17FO2. The van der Waals surface area contributed by atoms with Crippen molar-refractivity contribution in [1.29, 1.82) is 0 Å². The summed E-state index contributed by atoms with van der Waals surface area (Å²) in [6, 6.07) is 4.36. The van der Waals surface area contributed by atoms with Gasteiger partial charge in [0.25, 0.3) is 0 Å². The Labute approximate surface area is 100 Å². The van der Waals surface area contributed by atoms with Crippen molar-refractivity contribution in [2.75, 3.05) is 0 Å². The van der Waals surface area contributed by atoms with E-state index in [2.05, 4.69) is 0 Å². The smallest absolute Gasteiger partial charge is 0.128 e. The molecule has 3 heteroatoms. The molecule has 1 aliphatic heterocycles. The standard InChI is InChI=1S/C14H17FO2/c1-14(7-9-2-3-9)8-12(16)11-5-4-10(15)6-13(11)17-14/h4-6,9,12,16H,2-3,7-8H2,1H3/t12-,14?/m1/s1. The van der Waals surface area contributed by atoms with Crippen LogP contribution in [0.1, 0.15) is 44.3 Å². The van der Waals surface area contributed by atoms with Crippen LogP contribution in [0.2, 0.25) is 0 Å². The van der Waals surface area contributed by atoms with E-state index in [9.17, 15) is 9.50 Å². The normalized spacial score (nSPS) is 31.8. The van der Waals surface area contributed by atoms with E-state index in [4.69, 9.17) is 4.74 Å². The largest absolute Gasteiger partial charge is 0.487 e. The van der Waals surface area contributed by atoms with Crippen LogP contribution >= 0.6 is 0 Å². The van der Waals surface area contributed by atoms with Gasteiger partial charge in [0.1, 0.15) is 17.2 Å². The molecular weight excluding hydrogens is 219 g/mol. The number of halogens is 1. The summed E-state index contributed by atoms with van der Waals surface area (Å²) in [5.41, 5.74) is 0.362. The molecule has 17 heavy (non-hydrogen) atoms. The van der Waals surface area contributed by atoms with Crippen LogP contribution in [0.15, 0.2) is 18.2 Å². The molecule has 0 amide bonds. The number of hydrogen-bond acceptors (Lipinski definition) is 2. The number of hydrogen-bond donors (Lipinski definition) is 1. The van der Waals surface area contributed by atoms with Crippen LogP contribution in [0.3, 0.4) is 0 Å². The minimum atomic E-state index is -0.539. The van der Waals surface area contributed by atoms with Gasteiger partial charge in [-0.25, -0.2) is 4.39 Å². The molecule has 0 spiro atoms. The molecule has 92 valence electrons. The molecule has 3 rings (SSSR count). The van der Waals surface area contributed by atoms with E-state index in [1.165, 1.54) is 25.0 Å². The lowest BCUT2D eigenvalue weighted by molar-refractivity contribution is -0.0107. The van der Waals surface area contributed by atoms with Crippen molar-refractivity contribution in [2.24, 2.45) is 5.92 Å². The minimum absolute atomic E-state index is 0.313. The maximum Gasteiger partial charge on any atom is 0.128 e. The predicted molar refractivity (Wildman–Crippen MR) is 62.4 cm³/mol. The summed E-state index contributed by atoms with van der Waals surface area (Å²) in [7, 11) is 0. The Bertz CT molecular complexity index is 442. The fourth-order valence-corrected chi connectivity index (χ4v) is 2.76. The van der Waals surface area contributed by atoms with E-state index >= 15 is 0 Å². The Morgan fingerprint density at radius 2 is 2.24 bits per heavy atom. The van der Waals surface area contributed by atoms with Gasteiger partial charge >= 0.3 is 0 Å². The quantitative estimate of drug-likeness (QED) is 0.854. The maximum atomic E-state index is 13.2. The van der Waals surface area contributed by atoms with E-state index < -0.39 is 6.10 Å². The molecule has 2 aliphatic rings. The van der Waals surface area contributed by atoms with Crippen LogP contribution in [0, 0.1) is 11.7 Å². The molecule has 1 aromatic carbocycles. The summed E-state index contributed by atoms with van der Waals surface area (Å²) in [5, 5.41) is 10.1. The maximum absolute atomic E-state index is 13.2. The Morgan fingerprint density at radius 3 is 2.94 bits per heavy atom. The van der Waals surface area contributed by atoms with Crippen LogP contribution in [-0.4, -0.2) is 10.7 Å². The molecule has 2 nitrogen and oxygen atoms in total. The number of aliphatic hydroxyl groups is 1. The van der Waals surface area contributed by atoms with Gasteiger partial charge in [0.2, 0.25) is 0 Å². The summed E-state index contributed by atoms with van der Waals surface area (Å²) in [6.07, 6.45) is 3.53. The molecule has 0 radical (unpaired) electrons. The van der Waals surface area contributed by atoms with Crippen molar-refractivity contribution >= 4 is 0 Å². The van der Waals surface area contributed by atoms with Crippen molar-refractivity contribution in [1.82, 2.24) is 0 Å². The van der Waals surface area contributed by atoms with Crippen LogP contribution < -0.4 is 4.74 Å². The highest BCUT2D eigenvalue weighted by atomic mass is 19.1. The minimum Gasteiger partial charge on any atom is -0.487 e. The number of aliphatic hydroxyl groups excluding tert-OH is 1. The van der Waals surface area contributed by atoms with Gasteiger partial charge < -0.3 is 9.84 Å². The summed E-state index contributed by atoms with van der Waals surface area (Å²) in [6.45, 7) is 2.02. The highest BCUT2D eigenvalue weighted by Gasteiger charge is 2.40. The number of rotatable bonds is 2. The molecule has 1 aliphatic carbocycles. The fraction of sp³-hybridized carbons (Fsp3) is 0.571. The number of fused-ring (bicyclic) bond motifs is 1. The SMILES string of the molecule is CC1(CC2CC2)C[C@@H](O)c2ccc(F)cc2O1. The first-order valence-corrected chi connectivity index (χ1v) is 6.22. The molecule has 0 aromatic heterocycles. The van der Waals surface area contributed by atoms with E-state index in [1.54, 1.807) is 6.07 Å². The second kappa shape index (κ2) is 3.70. The lowest BCUT2D eigenvalue weighted by atomic mass is 9.86. The third-order valence-corrected chi connectivity index (χ3v) is 3.73. The molecule has 1 N–H and O–H groups in total. The Hall–Kier alpha value is -1.09. The molecule has 0 bridgehead atoms. The van der Waals surface area contributed by atoms with Gasteiger partial charge in [-0.1, -0.05) is 12.8 Å². The van der Waals surface area contributed by atoms with Crippen LogP contribution in [0.5, 0.6) is 5.75 Å². The number of ether oxygens (including phenoxy) is 1. The van der Waals surface area contributed by atoms with Crippen LogP contribution in [-0.2, 0) is 0 Å². The number of benzene rings is 1. The molecule has 1 unspecified atom stereocenters. The van der Waals surface area contributed by atoms with Gasteiger partial charge in [0, 0.05) is 18.1 Å². The summed E-state index contributed by atoms with van der Waals surface area (Å²) in [5.74, 6) is 0.917. The zero-order valence-corrected chi connectivity index (χ0v) is 9.95. The molecule has 1 aromatic rings. The van der Waals surface area contributed by atoms with E-state index in [0.717, 1.165) is 12.3 Å². The molecule has 0 saturated heterocycles. The van der Waals surface area contributed by atoms with E-state index in [1.807, 2.05) is 6.92 Å². The first-order chi connectivity index (χ1) is 8.06. The second-order valence-corrected chi connectivity index (χ2v) is 5.60. The van der Waals surface area contributed by atoms with Gasteiger partial charge in [-0.2, -0.15) is 0 Å². The molecule has 1 fully saturated rings. The van der Waals surface area contributed by atoms with Gasteiger partial charge in [0.05, 0.1) is 6.10 Å². The summed E-state index contributed by atoms with van der Waals surface area (Å²) >= 11 is 0.